The van der Waals surface area contributed by atoms with Crippen LogP contribution in [0.15, 0.2) is 17.2 Å². The van der Waals surface area contributed by atoms with Crippen molar-refractivity contribution in [3.05, 3.63) is 43.8 Å². The summed E-state index contributed by atoms with van der Waals surface area (Å²) in [4.78, 5) is 23.0. The van der Waals surface area contributed by atoms with Crippen molar-refractivity contribution in [2.24, 2.45) is 5.11 Å². The van der Waals surface area contributed by atoms with Crippen LogP contribution in [0.5, 0.6) is 5.75 Å². The highest BCUT2D eigenvalue weighted by Gasteiger charge is 2.25. The molecule has 3 N–H and O–H groups in total. The summed E-state index contributed by atoms with van der Waals surface area (Å²) in [5, 5.41) is 42.8. The first-order valence-electron chi connectivity index (χ1n) is 5.25. The van der Waals surface area contributed by atoms with Crippen molar-refractivity contribution >= 4 is 12.0 Å². The maximum Gasteiger partial charge on any atom is 0.270 e. The van der Waals surface area contributed by atoms with Crippen LogP contribution in [0.2, 0.25) is 0 Å². The summed E-state index contributed by atoms with van der Waals surface area (Å²) in [5.41, 5.74) is 6.77. The lowest BCUT2D eigenvalue weighted by Gasteiger charge is -2.17. The number of aliphatic hydroxyl groups excluding tert-OH is 2. The quantitative estimate of drug-likeness (QED) is 0.174. The maximum atomic E-state index is 10.7. The van der Waals surface area contributed by atoms with E-state index in [4.69, 9.17) is 5.53 Å². The lowest BCUT2D eigenvalue weighted by Crippen LogP contribution is -2.21. The van der Waals surface area contributed by atoms with Crippen LogP contribution in [-0.4, -0.2) is 39.2 Å². The number of non-ortho nitro benzene ring substituents is 1. The van der Waals surface area contributed by atoms with Crippen molar-refractivity contribution in [3.8, 4) is 5.75 Å². The fourth-order valence-electron chi connectivity index (χ4n) is 1.51. The Labute approximate surface area is 111 Å². The number of rotatable bonds is 6. The monoisotopic (exact) mass is 282 g/mol. The summed E-state index contributed by atoms with van der Waals surface area (Å²) < 4.78 is 0. The van der Waals surface area contributed by atoms with E-state index in [1.54, 1.807) is 0 Å². The van der Waals surface area contributed by atoms with Gasteiger partial charge in [-0.3, -0.25) is 14.9 Å². The third kappa shape index (κ3) is 3.20. The molecule has 0 bridgehead atoms. The molecule has 106 valence electrons. The predicted octanol–water partition coefficient (Wildman–Crippen LogP) is 0.817. The van der Waals surface area contributed by atoms with Crippen LogP contribution in [-0.2, 0) is 0 Å². The smallest absolute Gasteiger partial charge is 0.270 e. The van der Waals surface area contributed by atoms with E-state index in [2.05, 4.69) is 10.0 Å². The first-order chi connectivity index (χ1) is 9.42. The second kappa shape index (κ2) is 6.48. The molecular weight excluding hydrogens is 272 g/mol. The average molecular weight is 282 g/mol. The normalized spacial score (nSPS) is 13.1. The van der Waals surface area contributed by atoms with Gasteiger partial charge < -0.3 is 15.3 Å². The number of hydrogen-bond acceptors (Lipinski definition) is 7. The van der Waals surface area contributed by atoms with Crippen LogP contribution in [0.25, 0.3) is 10.4 Å². The molecule has 0 aliphatic rings. The summed E-state index contributed by atoms with van der Waals surface area (Å²) in [5.74, 6) is -0.682. The van der Waals surface area contributed by atoms with Gasteiger partial charge in [0.1, 0.15) is 11.9 Å². The van der Waals surface area contributed by atoms with Crippen LogP contribution in [0, 0.1) is 10.1 Å². The third-order valence-electron chi connectivity index (χ3n) is 2.51. The summed E-state index contributed by atoms with van der Waals surface area (Å²) in [6.45, 7) is -0.504. The van der Waals surface area contributed by atoms with Gasteiger partial charge in [0.05, 0.1) is 23.1 Å². The standard InChI is InChI=1S/C10H10N4O6/c11-13-12-3-8(16)10(18)7-2-6(14(19)20)1-5(4-15)9(7)17/h1-2,4,8,10,16-18H,3H2. The van der Waals surface area contributed by atoms with Crippen molar-refractivity contribution in [3.63, 3.8) is 0 Å². The molecule has 0 radical (unpaired) electrons. The van der Waals surface area contributed by atoms with Crippen molar-refractivity contribution in [2.75, 3.05) is 6.54 Å². The molecule has 20 heavy (non-hydrogen) atoms. The topological polar surface area (TPSA) is 170 Å². The Morgan fingerprint density at radius 2 is 2.15 bits per heavy atom. The number of carbonyl (C=O) groups excluding carboxylic acids is 1. The number of aromatic hydroxyl groups is 1. The number of hydrogen-bond donors (Lipinski definition) is 3. The van der Waals surface area contributed by atoms with E-state index in [-0.39, 0.29) is 6.29 Å². The molecule has 0 heterocycles. The number of aliphatic hydroxyl groups is 2. The molecule has 0 spiro atoms. The number of aldehydes is 1. The van der Waals surface area contributed by atoms with E-state index in [9.17, 15) is 30.2 Å². The summed E-state index contributed by atoms with van der Waals surface area (Å²) in [6.07, 6.45) is -3.16. The van der Waals surface area contributed by atoms with Crippen LogP contribution in [0.1, 0.15) is 22.0 Å². The minimum atomic E-state index is -1.75. The molecular formula is C10H10N4O6. The number of azide groups is 1. The van der Waals surface area contributed by atoms with Gasteiger partial charge in [-0.15, -0.1) is 0 Å². The van der Waals surface area contributed by atoms with Crippen LogP contribution in [0.3, 0.4) is 0 Å². The number of phenols is 1. The van der Waals surface area contributed by atoms with E-state index in [0.717, 1.165) is 12.1 Å². The summed E-state index contributed by atoms with van der Waals surface area (Å²) in [7, 11) is 0. The number of benzene rings is 1. The Balaban J connectivity index is 3.27. The molecule has 0 fully saturated rings. The largest absolute Gasteiger partial charge is 0.507 e. The lowest BCUT2D eigenvalue weighted by molar-refractivity contribution is -0.385. The number of nitro groups is 1. The molecule has 0 saturated carbocycles. The maximum absolute atomic E-state index is 10.7. The Morgan fingerprint density at radius 1 is 1.50 bits per heavy atom. The number of nitro benzene ring substituents is 1. The first-order valence-corrected chi connectivity index (χ1v) is 5.25. The fourth-order valence-corrected chi connectivity index (χ4v) is 1.51. The highest BCUT2D eigenvalue weighted by molar-refractivity contribution is 5.81. The van der Waals surface area contributed by atoms with Gasteiger partial charge in [-0.1, -0.05) is 5.11 Å². The molecule has 1 aromatic rings. The van der Waals surface area contributed by atoms with Gasteiger partial charge in [0.15, 0.2) is 6.29 Å². The van der Waals surface area contributed by atoms with E-state index < -0.39 is 46.2 Å². The van der Waals surface area contributed by atoms with Gasteiger partial charge in [0.2, 0.25) is 0 Å². The Morgan fingerprint density at radius 3 is 2.65 bits per heavy atom. The van der Waals surface area contributed by atoms with Crippen molar-refractivity contribution < 1.29 is 25.0 Å². The summed E-state index contributed by atoms with van der Waals surface area (Å²) >= 11 is 0. The molecule has 10 heteroatoms. The molecule has 10 nitrogen and oxygen atoms in total. The van der Waals surface area contributed by atoms with Crippen molar-refractivity contribution in [1.82, 2.24) is 0 Å². The molecule has 1 aromatic carbocycles. The number of carbonyl (C=O) groups is 1. The Bertz CT molecular complexity index is 583. The van der Waals surface area contributed by atoms with Gasteiger partial charge in [0.25, 0.3) is 5.69 Å². The zero-order valence-corrected chi connectivity index (χ0v) is 9.95. The second-order valence-corrected chi connectivity index (χ2v) is 3.77. The van der Waals surface area contributed by atoms with Gasteiger partial charge in [0, 0.05) is 22.6 Å². The van der Waals surface area contributed by atoms with Crippen LogP contribution < -0.4 is 0 Å². The zero-order valence-electron chi connectivity index (χ0n) is 9.95. The molecule has 1 rings (SSSR count). The number of nitrogens with zero attached hydrogens (tertiary/aromatic N) is 4. The van der Waals surface area contributed by atoms with Gasteiger partial charge >= 0.3 is 0 Å². The Hall–Kier alpha value is -2.68. The van der Waals surface area contributed by atoms with Gasteiger partial charge in [-0.05, 0) is 5.53 Å². The highest BCUT2D eigenvalue weighted by Crippen LogP contribution is 2.33. The van der Waals surface area contributed by atoms with E-state index >= 15 is 0 Å². The molecule has 0 amide bonds. The minimum absolute atomic E-state index is 0.179. The molecule has 2 atom stereocenters. The van der Waals surface area contributed by atoms with Crippen LogP contribution in [0.4, 0.5) is 5.69 Å². The summed E-state index contributed by atoms with van der Waals surface area (Å²) in [6, 6.07) is 1.66. The number of phenolic OH excluding ortho intramolecular Hbond substituents is 1. The predicted molar refractivity (Wildman–Crippen MR) is 65.1 cm³/mol. The van der Waals surface area contributed by atoms with Crippen LogP contribution >= 0.6 is 0 Å². The Kier molecular flexibility index (Phi) is 4.98. The molecule has 0 aliphatic heterocycles. The molecule has 2 unspecified atom stereocenters. The zero-order chi connectivity index (χ0) is 15.3. The fraction of sp³-hybridized carbons (Fsp3) is 0.300. The molecule has 0 aliphatic carbocycles. The third-order valence-corrected chi connectivity index (χ3v) is 2.51. The van der Waals surface area contributed by atoms with E-state index in [1.165, 1.54) is 0 Å². The SMILES string of the molecule is [N-]=[N+]=NCC(O)C(O)c1cc([N+](=O)[O-])cc(C=O)c1O. The second-order valence-electron chi connectivity index (χ2n) is 3.77. The molecule has 0 saturated heterocycles. The lowest BCUT2D eigenvalue weighted by atomic mass is 9.99. The first kappa shape index (κ1) is 15.4. The van der Waals surface area contributed by atoms with Gasteiger partial charge in [-0.2, -0.15) is 0 Å². The average Bonchev–Trinajstić information content (AvgIpc) is 2.43. The molecule has 0 aromatic heterocycles. The van der Waals surface area contributed by atoms with Crippen molar-refractivity contribution in [1.29, 1.82) is 0 Å². The van der Waals surface area contributed by atoms with Crippen molar-refractivity contribution in [2.45, 2.75) is 12.2 Å². The van der Waals surface area contributed by atoms with Gasteiger partial charge in [-0.25, -0.2) is 0 Å². The minimum Gasteiger partial charge on any atom is -0.507 e. The highest BCUT2D eigenvalue weighted by atomic mass is 16.6. The van der Waals surface area contributed by atoms with E-state index in [0.29, 0.717) is 0 Å². The van der Waals surface area contributed by atoms with E-state index in [1.807, 2.05) is 0 Å².